The van der Waals surface area contributed by atoms with Crippen molar-refractivity contribution in [1.82, 2.24) is 20.0 Å². The second kappa shape index (κ2) is 10.6. The van der Waals surface area contributed by atoms with E-state index in [0.717, 1.165) is 38.2 Å². The molecule has 32 heavy (non-hydrogen) atoms. The Hall–Kier alpha value is -2.29. The fourth-order valence-corrected chi connectivity index (χ4v) is 5.41. The number of halogens is 1. The van der Waals surface area contributed by atoms with E-state index in [0.29, 0.717) is 26.1 Å². The van der Waals surface area contributed by atoms with Gasteiger partial charge in [-0.1, -0.05) is 18.2 Å². The molecule has 2 aliphatic heterocycles. The average Bonchev–Trinajstić information content (AvgIpc) is 3.38. The standard InChI is InChI=1S/C24H31FN4O2S/c1-18(30)29-16-21(14-23(29)24(31)27-11-3-9-26-10-12-27)28(17-22-4-2-13-32-22)15-19-5-7-20(25)8-6-19/h2,4-8,13,21,23,26H,3,9-12,14-17H2,1H3. The number of hydrogen-bond donors (Lipinski definition) is 1. The average molecular weight is 459 g/mol. The molecule has 1 N–H and O–H groups in total. The maximum atomic E-state index is 13.4. The van der Waals surface area contributed by atoms with Crippen molar-refractivity contribution in [3.8, 4) is 0 Å². The van der Waals surface area contributed by atoms with E-state index in [9.17, 15) is 14.0 Å². The van der Waals surface area contributed by atoms with Gasteiger partial charge in [-0.05, 0) is 48.5 Å². The number of benzene rings is 1. The Morgan fingerprint density at radius 1 is 1.16 bits per heavy atom. The van der Waals surface area contributed by atoms with Crippen LogP contribution in [0.5, 0.6) is 0 Å². The molecule has 1 aromatic heterocycles. The van der Waals surface area contributed by atoms with E-state index in [2.05, 4.69) is 21.7 Å². The molecule has 8 heteroatoms. The molecule has 2 unspecified atom stereocenters. The van der Waals surface area contributed by atoms with Crippen LogP contribution >= 0.6 is 11.3 Å². The highest BCUT2D eigenvalue weighted by Gasteiger charge is 2.42. The minimum Gasteiger partial charge on any atom is -0.340 e. The number of rotatable bonds is 6. The second-order valence-corrected chi connectivity index (χ2v) is 9.65. The van der Waals surface area contributed by atoms with Gasteiger partial charge in [0.25, 0.3) is 0 Å². The number of hydrogen-bond acceptors (Lipinski definition) is 5. The number of thiophene rings is 1. The molecule has 172 valence electrons. The van der Waals surface area contributed by atoms with Gasteiger partial charge in [-0.2, -0.15) is 0 Å². The number of likely N-dealkylation sites (tertiary alicyclic amines) is 1. The van der Waals surface area contributed by atoms with Crippen LogP contribution in [0.4, 0.5) is 4.39 Å². The Balaban J connectivity index is 1.53. The van der Waals surface area contributed by atoms with Crippen LogP contribution in [-0.4, -0.2) is 71.3 Å². The van der Waals surface area contributed by atoms with E-state index in [-0.39, 0.29) is 23.7 Å². The highest BCUT2D eigenvalue weighted by atomic mass is 32.1. The van der Waals surface area contributed by atoms with Gasteiger partial charge in [-0.3, -0.25) is 14.5 Å². The van der Waals surface area contributed by atoms with Crippen LogP contribution in [0.3, 0.4) is 0 Å². The zero-order valence-electron chi connectivity index (χ0n) is 18.5. The Morgan fingerprint density at radius 3 is 2.69 bits per heavy atom. The lowest BCUT2D eigenvalue weighted by atomic mass is 10.1. The summed E-state index contributed by atoms with van der Waals surface area (Å²) >= 11 is 1.70. The van der Waals surface area contributed by atoms with Crippen LogP contribution in [0.25, 0.3) is 0 Å². The summed E-state index contributed by atoms with van der Waals surface area (Å²) in [6.45, 7) is 6.58. The predicted octanol–water partition coefficient (Wildman–Crippen LogP) is 2.70. The van der Waals surface area contributed by atoms with Gasteiger partial charge >= 0.3 is 0 Å². The van der Waals surface area contributed by atoms with Gasteiger partial charge in [0.1, 0.15) is 11.9 Å². The molecule has 3 heterocycles. The van der Waals surface area contributed by atoms with Crippen LogP contribution in [0.1, 0.15) is 30.2 Å². The molecule has 2 atom stereocenters. The summed E-state index contributed by atoms with van der Waals surface area (Å²) in [6, 6.07) is 10.4. The maximum Gasteiger partial charge on any atom is 0.245 e. The van der Waals surface area contributed by atoms with Gasteiger partial charge in [-0.25, -0.2) is 4.39 Å². The first-order valence-electron chi connectivity index (χ1n) is 11.3. The predicted molar refractivity (Wildman–Crippen MR) is 124 cm³/mol. The molecule has 2 aromatic rings. The molecule has 2 fully saturated rings. The molecule has 2 saturated heterocycles. The SMILES string of the molecule is CC(=O)N1CC(N(Cc2ccc(F)cc2)Cc2cccs2)CC1C(=O)N1CCCNCC1. The first kappa shape index (κ1) is 22.9. The van der Waals surface area contributed by atoms with Crippen molar-refractivity contribution in [1.29, 1.82) is 0 Å². The van der Waals surface area contributed by atoms with Crippen molar-refractivity contribution in [2.45, 2.75) is 44.9 Å². The highest BCUT2D eigenvalue weighted by molar-refractivity contribution is 7.09. The van der Waals surface area contributed by atoms with Gasteiger partial charge in [0.2, 0.25) is 11.8 Å². The zero-order valence-corrected chi connectivity index (χ0v) is 19.3. The minimum atomic E-state index is -0.422. The topological polar surface area (TPSA) is 55.9 Å². The smallest absolute Gasteiger partial charge is 0.245 e. The summed E-state index contributed by atoms with van der Waals surface area (Å²) in [5.41, 5.74) is 1.02. The molecule has 0 spiro atoms. The van der Waals surface area contributed by atoms with Crippen molar-refractivity contribution in [2.75, 3.05) is 32.7 Å². The second-order valence-electron chi connectivity index (χ2n) is 8.62. The third-order valence-corrected chi connectivity index (χ3v) is 7.24. The quantitative estimate of drug-likeness (QED) is 0.723. The highest BCUT2D eigenvalue weighted by Crippen LogP contribution is 2.28. The lowest BCUT2D eigenvalue weighted by molar-refractivity contribution is -0.142. The number of carbonyl (C=O) groups is 2. The van der Waals surface area contributed by atoms with Gasteiger partial charge < -0.3 is 15.1 Å². The lowest BCUT2D eigenvalue weighted by Crippen LogP contribution is -2.48. The van der Waals surface area contributed by atoms with Gasteiger partial charge in [0.05, 0.1) is 0 Å². The van der Waals surface area contributed by atoms with Crippen LogP contribution in [0.2, 0.25) is 0 Å². The van der Waals surface area contributed by atoms with Crippen molar-refractivity contribution in [3.63, 3.8) is 0 Å². The van der Waals surface area contributed by atoms with E-state index < -0.39 is 6.04 Å². The Bertz CT molecular complexity index is 897. The fraction of sp³-hybridized carbons (Fsp3) is 0.500. The Kier molecular flexibility index (Phi) is 7.55. The molecule has 6 nitrogen and oxygen atoms in total. The number of amides is 2. The summed E-state index contributed by atoms with van der Waals surface area (Å²) in [5.74, 6) is -0.249. The van der Waals surface area contributed by atoms with Crippen LogP contribution in [0.15, 0.2) is 41.8 Å². The molecule has 0 aliphatic carbocycles. The molecule has 1 aromatic carbocycles. The van der Waals surface area contributed by atoms with Crippen molar-refractivity contribution in [3.05, 3.63) is 58.0 Å². The Labute approximate surface area is 193 Å². The third-order valence-electron chi connectivity index (χ3n) is 6.37. The van der Waals surface area contributed by atoms with E-state index in [4.69, 9.17) is 0 Å². The molecule has 2 aliphatic rings. The summed E-state index contributed by atoms with van der Waals surface area (Å²) in [6.07, 6.45) is 1.55. The number of carbonyl (C=O) groups excluding carboxylic acids is 2. The largest absolute Gasteiger partial charge is 0.340 e. The minimum absolute atomic E-state index is 0.0587. The van der Waals surface area contributed by atoms with Crippen LogP contribution in [0, 0.1) is 5.82 Å². The van der Waals surface area contributed by atoms with Crippen LogP contribution in [-0.2, 0) is 22.7 Å². The number of nitrogens with one attached hydrogen (secondary N) is 1. The Morgan fingerprint density at radius 2 is 1.97 bits per heavy atom. The summed E-state index contributed by atoms with van der Waals surface area (Å²) in [7, 11) is 0. The zero-order chi connectivity index (χ0) is 22.5. The molecule has 0 bridgehead atoms. The molecule has 4 rings (SSSR count). The maximum absolute atomic E-state index is 13.4. The van der Waals surface area contributed by atoms with E-state index >= 15 is 0 Å². The first-order chi connectivity index (χ1) is 15.5. The number of nitrogens with zero attached hydrogens (tertiary/aromatic N) is 3. The van der Waals surface area contributed by atoms with Gasteiger partial charge in [-0.15, -0.1) is 11.3 Å². The molecular formula is C24H31FN4O2S. The summed E-state index contributed by atoms with van der Waals surface area (Å²) < 4.78 is 13.4. The molecular weight excluding hydrogens is 427 g/mol. The van der Waals surface area contributed by atoms with Crippen molar-refractivity contribution >= 4 is 23.2 Å². The normalized spacial score (nSPS) is 21.7. The first-order valence-corrected chi connectivity index (χ1v) is 12.2. The summed E-state index contributed by atoms with van der Waals surface area (Å²) in [5, 5.41) is 5.39. The van der Waals surface area contributed by atoms with Gasteiger partial charge in [0, 0.05) is 57.1 Å². The molecule has 0 saturated carbocycles. The molecule has 0 radical (unpaired) electrons. The van der Waals surface area contributed by atoms with Gasteiger partial charge in [0.15, 0.2) is 0 Å². The third kappa shape index (κ3) is 5.54. The van der Waals surface area contributed by atoms with E-state index in [1.165, 1.54) is 17.0 Å². The summed E-state index contributed by atoms with van der Waals surface area (Å²) in [4.78, 5) is 33.1. The monoisotopic (exact) mass is 458 g/mol. The molecule has 2 amide bonds. The fourth-order valence-electron chi connectivity index (χ4n) is 4.68. The van der Waals surface area contributed by atoms with Crippen LogP contribution < -0.4 is 5.32 Å². The van der Waals surface area contributed by atoms with Crippen molar-refractivity contribution in [2.24, 2.45) is 0 Å². The van der Waals surface area contributed by atoms with E-state index in [1.54, 1.807) is 35.3 Å². The van der Waals surface area contributed by atoms with Crippen molar-refractivity contribution < 1.29 is 14.0 Å². The van der Waals surface area contributed by atoms with E-state index in [1.807, 2.05) is 11.0 Å². The lowest BCUT2D eigenvalue weighted by Gasteiger charge is -2.28.